The SMILES string of the molecule is Cc1c(Cl)cc(S(N)(=O)=O)cc1C(=O)OC1CCOC1. The highest BCUT2D eigenvalue weighted by atomic mass is 35.5. The van der Waals surface area contributed by atoms with Crippen molar-refractivity contribution in [2.24, 2.45) is 5.14 Å². The summed E-state index contributed by atoms with van der Waals surface area (Å²) in [6.07, 6.45) is 0.298. The third kappa shape index (κ3) is 3.29. The molecule has 0 aromatic heterocycles. The lowest BCUT2D eigenvalue weighted by atomic mass is 10.1. The predicted octanol–water partition coefficient (Wildman–Crippen LogP) is 1.24. The van der Waals surface area contributed by atoms with Crippen LogP contribution < -0.4 is 5.14 Å². The second-order valence-corrected chi connectivity index (χ2v) is 6.48. The minimum absolute atomic E-state index is 0.0911. The molecule has 0 bridgehead atoms. The van der Waals surface area contributed by atoms with E-state index in [4.69, 9.17) is 26.2 Å². The quantitative estimate of drug-likeness (QED) is 0.846. The molecule has 1 aliphatic heterocycles. The molecule has 0 amide bonds. The van der Waals surface area contributed by atoms with Crippen molar-refractivity contribution in [3.05, 3.63) is 28.3 Å². The zero-order chi connectivity index (χ0) is 14.9. The summed E-state index contributed by atoms with van der Waals surface area (Å²) in [5, 5.41) is 5.19. The number of carbonyl (C=O) groups is 1. The average Bonchev–Trinajstić information content (AvgIpc) is 2.83. The highest BCUT2D eigenvalue weighted by molar-refractivity contribution is 7.89. The van der Waals surface area contributed by atoms with Crippen LogP contribution in [-0.2, 0) is 19.5 Å². The highest BCUT2D eigenvalue weighted by Gasteiger charge is 2.24. The molecular weight excluding hydrogens is 306 g/mol. The average molecular weight is 320 g/mol. The Morgan fingerprint density at radius 1 is 1.50 bits per heavy atom. The third-order valence-electron chi connectivity index (χ3n) is 3.03. The van der Waals surface area contributed by atoms with Gasteiger partial charge in [0, 0.05) is 11.4 Å². The Kier molecular flexibility index (Phi) is 4.33. The van der Waals surface area contributed by atoms with Crippen LogP contribution in [-0.4, -0.2) is 33.7 Å². The fourth-order valence-electron chi connectivity index (χ4n) is 1.85. The first kappa shape index (κ1) is 15.2. The minimum Gasteiger partial charge on any atom is -0.456 e. The monoisotopic (exact) mass is 319 g/mol. The molecule has 1 unspecified atom stereocenters. The normalized spacial score (nSPS) is 19.1. The molecule has 0 radical (unpaired) electrons. The van der Waals surface area contributed by atoms with E-state index in [1.165, 1.54) is 12.1 Å². The summed E-state index contributed by atoms with van der Waals surface area (Å²) in [4.78, 5) is 11.9. The van der Waals surface area contributed by atoms with E-state index in [2.05, 4.69) is 0 Å². The number of halogens is 1. The van der Waals surface area contributed by atoms with Gasteiger partial charge in [0.25, 0.3) is 0 Å². The summed E-state index contributed by atoms with van der Waals surface area (Å²) in [5.41, 5.74) is 0.538. The molecule has 2 N–H and O–H groups in total. The van der Waals surface area contributed by atoms with Gasteiger partial charge < -0.3 is 9.47 Å². The fraction of sp³-hybridized carbons (Fsp3) is 0.417. The number of esters is 1. The largest absolute Gasteiger partial charge is 0.456 e. The van der Waals surface area contributed by atoms with Crippen LogP contribution in [0.4, 0.5) is 0 Å². The Balaban J connectivity index is 2.34. The van der Waals surface area contributed by atoms with E-state index in [0.29, 0.717) is 25.2 Å². The van der Waals surface area contributed by atoms with Crippen molar-refractivity contribution in [3.8, 4) is 0 Å². The van der Waals surface area contributed by atoms with Gasteiger partial charge in [-0.3, -0.25) is 0 Å². The molecule has 20 heavy (non-hydrogen) atoms. The topological polar surface area (TPSA) is 95.7 Å². The molecule has 0 spiro atoms. The van der Waals surface area contributed by atoms with Gasteiger partial charge in [-0.25, -0.2) is 18.4 Å². The fourth-order valence-corrected chi connectivity index (χ4v) is 2.70. The van der Waals surface area contributed by atoms with Gasteiger partial charge in [0.15, 0.2) is 0 Å². The Morgan fingerprint density at radius 2 is 2.20 bits per heavy atom. The number of carbonyl (C=O) groups excluding carboxylic acids is 1. The zero-order valence-corrected chi connectivity index (χ0v) is 12.3. The van der Waals surface area contributed by atoms with Crippen molar-refractivity contribution in [2.45, 2.75) is 24.3 Å². The van der Waals surface area contributed by atoms with Crippen molar-refractivity contribution in [1.29, 1.82) is 0 Å². The van der Waals surface area contributed by atoms with Gasteiger partial charge in [-0.2, -0.15) is 0 Å². The van der Waals surface area contributed by atoms with Crippen LogP contribution in [0.25, 0.3) is 0 Å². The third-order valence-corrected chi connectivity index (χ3v) is 4.31. The summed E-state index contributed by atoms with van der Waals surface area (Å²) in [6.45, 7) is 2.49. The molecule has 1 saturated heterocycles. The van der Waals surface area contributed by atoms with E-state index >= 15 is 0 Å². The maximum Gasteiger partial charge on any atom is 0.338 e. The second kappa shape index (κ2) is 5.69. The first-order chi connectivity index (χ1) is 9.29. The van der Waals surface area contributed by atoms with Gasteiger partial charge in [-0.15, -0.1) is 0 Å². The number of primary sulfonamides is 1. The molecule has 1 aromatic carbocycles. The lowest BCUT2D eigenvalue weighted by Crippen LogP contribution is -2.20. The van der Waals surface area contributed by atoms with E-state index in [9.17, 15) is 13.2 Å². The van der Waals surface area contributed by atoms with Crippen molar-refractivity contribution >= 4 is 27.6 Å². The molecule has 6 nitrogen and oxygen atoms in total. The first-order valence-corrected chi connectivity index (χ1v) is 7.83. The molecule has 1 aromatic rings. The van der Waals surface area contributed by atoms with E-state index in [0.717, 1.165) is 0 Å². The Morgan fingerprint density at radius 3 is 2.75 bits per heavy atom. The zero-order valence-electron chi connectivity index (χ0n) is 10.8. The standard InChI is InChI=1S/C12H14ClNO5S/c1-7-10(12(15)19-8-2-3-18-6-8)4-9(5-11(7)13)20(14,16)17/h4-5,8H,2-3,6H2,1H3,(H2,14,16,17). The summed E-state index contributed by atoms with van der Waals surface area (Å²) in [6, 6.07) is 2.39. The van der Waals surface area contributed by atoms with Crippen molar-refractivity contribution in [1.82, 2.24) is 0 Å². The van der Waals surface area contributed by atoms with E-state index in [-0.39, 0.29) is 21.6 Å². The number of ether oxygens (including phenoxy) is 2. The molecule has 1 heterocycles. The lowest BCUT2D eigenvalue weighted by molar-refractivity contribution is 0.0269. The summed E-state index contributed by atoms with van der Waals surface area (Å²) < 4.78 is 33.1. The van der Waals surface area contributed by atoms with Gasteiger partial charge in [-0.1, -0.05) is 11.6 Å². The Labute approximate surface area is 121 Å². The number of benzene rings is 1. The Hall–Kier alpha value is -1.15. The Bertz CT molecular complexity index is 637. The van der Waals surface area contributed by atoms with E-state index in [1.54, 1.807) is 6.92 Å². The summed E-state index contributed by atoms with van der Waals surface area (Å²) in [7, 11) is -3.94. The van der Waals surface area contributed by atoms with Gasteiger partial charge >= 0.3 is 5.97 Å². The summed E-state index contributed by atoms with van der Waals surface area (Å²) >= 11 is 5.93. The summed E-state index contributed by atoms with van der Waals surface area (Å²) in [5.74, 6) is -0.634. The molecule has 1 aliphatic rings. The van der Waals surface area contributed by atoms with Crippen LogP contribution in [0, 0.1) is 6.92 Å². The second-order valence-electron chi connectivity index (χ2n) is 4.51. The van der Waals surface area contributed by atoms with Gasteiger partial charge in [-0.05, 0) is 24.6 Å². The van der Waals surface area contributed by atoms with Crippen LogP contribution in [0.5, 0.6) is 0 Å². The molecule has 8 heteroatoms. The van der Waals surface area contributed by atoms with Gasteiger partial charge in [0.05, 0.1) is 23.7 Å². The van der Waals surface area contributed by atoms with Gasteiger partial charge in [0.2, 0.25) is 10.0 Å². The van der Waals surface area contributed by atoms with Crippen LogP contribution in [0.15, 0.2) is 17.0 Å². The molecule has 2 rings (SSSR count). The van der Waals surface area contributed by atoms with Crippen molar-refractivity contribution in [2.75, 3.05) is 13.2 Å². The molecule has 0 aliphatic carbocycles. The maximum atomic E-state index is 12.1. The number of hydrogen-bond donors (Lipinski definition) is 1. The molecule has 1 atom stereocenters. The molecule has 110 valence electrons. The maximum absolute atomic E-state index is 12.1. The van der Waals surface area contributed by atoms with E-state index in [1.807, 2.05) is 0 Å². The number of nitrogens with two attached hydrogens (primary N) is 1. The van der Waals surface area contributed by atoms with Crippen LogP contribution in [0.3, 0.4) is 0 Å². The van der Waals surface area contributed by atoms with Crippen LogP contribution in [0.1, 0.15) is 22.3 Å². The van der Waals surface area contributed by atoms with Crippen molar-refractivity contribution in [3.63, 3.8) is 0 Å². The van der Waals surface area contributed by atoms with Crippen molar-refractivity contribution < 1.29 is 22.7 Å². The van der Waals surface area contributed by atoms with Crippen LogP contribution >= 0.6 is 11.6 Å². The first-order valence-electron chi connectivity index (χ1n) is 5.90. The molecule has 1 fully saturated rings. The lowest BCUT2D eigenvalue weighted by Gasteiger charge is -2.13. The highest BCUT2D eigenvalue weighted by Crippen LogP contribution is 2.25. The van der Waals surface area contributed by atoms with E-state index < -0.39 is 16.0 Å². The van der Waals surface area contributed by atoms with Gasteiger partial charge in [0.1, 0.15) is 6.10 Å². The molecule has 0 saturated carbocycles. The smallest absolute Gasteiger partial charge is 0.338 e. The number of rotatable bonds is 3. The minimum atomic E-state index is -3.94. The number of sulfonamides is 1. The van der Waals surface area contributed by atoms with Crippen LogP contribution in [0.2, 0.25) is 5.02 Å². The molecular formula is C12H14ClNO5S. The predicted molar refractivity (Wildman–Crippen MR) is 72.2 cm³/mol. The number of hydrogen-bond acceptors (Lipinski definition) is 5.